The van der Waals surface area contributed by atoms with Crippen LogP contribution in [0.3, 0.4) is 0 Å². The van der Waals surface area contributed by atoms with E-state index in [1.165, 1.54) is 12.3 Å². The van der Waals surface area contributed by atoms with Crippen molar-refractivity contribution in [3.05, 3.63) is 22.8 Å². The van der Waals surface area contributed by atoms with Crippen molar-refractivity contribution < 1.29 is 14.7 Å². The van der Waals surface area contributed by atoms with Crippen LogP contribution in [0.15, 0.2) is 12.3 Å². The van der Waals surface area contributed by atoms with Gasteiger partial charge >= 0.3 is 5.97 Å². The van der Waals surface area contributed by atoms with Crippen molar-refractivity contribution in [3.8, 4) is 0 Å². The third kappa shape index (κ3) is 4.38. The van der Waals surface area contributed by atoms with E-state index in [9.17, 15) is 9.59 Å². The van der Waals surface area contributed by atoms with Crippen molar-refractivity contribution in [1.29, 1.82) is 0 Å². The number of pyridine rings is 1. The number of hydrogen-bond donors (Lipinski definition) is 2. The maximum Gasteiger partial charge on any atom is 0.337 e. The lowest BCUT2D eigenvalue weighted by Crippen LogP contribution is -2.40. The number of amides is 1. The molecule has 1 aromatic rings. The highest BCUT2D eigenvalue weighted by Gasteiger charge is 2.16. The first-order chi connectivity index (χ1) is 9.35. The quantitative estimate of drug-likeness (QED) is 0.837. The summed E-state index contributed by atoms with van der Waals surface area (Å²) in [5.41, 5.74) is 0.0152. The number of halogens is 1. The molecular formula is C13H18ClN3O3. The number of carboxylic acid groups (broad SMARTS) is 1. The zero-order valence-corrected chi connectivity index (χ0v) is 12.4. The van der Waals surface area contributed by atoms with Crippen LogP contribution >= 0.6 is 11.6 Å². The molecule has 0 bridgehead atoms. The number of carbonyl (C=O) groups excluding carboxylic acids is 1. The van der Waals surface area contributed by atoms with E-state index in [0.717, 1.165) is 0 Å². The summed E-state index contributed by atoms with van der Waals surface area (Å²) in [7, 11) is 0. The van der Waals surface area contributed by atoms with Gasteiger partial charge in [0.2, 0.25) is 5.91 Å². The van der Waals surface area contributed by atoms with Crippen molar-refractivity contribution in [1.82, 2.24) is 10.3 Å². The van der Waals surface area contributed by atoms with Gasteiger partial charge in [-0.15, -0.1) is 0 Å². The van der Waals surface area contributed by atoms with Crippen LogP contribution in [-0.2, 0) is 4.79 Å². The molecule has 20 heavy (non-hydrogen) atoms. The Morgan fingerprint density at radius 1 is 1.50 bits per heavy atom. The number of anilines is 1. The molecule has 0 atom stereocenters. The van der Waals surface area contributed by atoms with Crippen LogP contribution in [0.5, 0.6) is 0 Å². The number of likely N-dealkylation sites (N-methyl/N-ethyl adjacent to an activating group) is 1. The van der Waals surface area contributed by atoms with Crippen LogP contribution in [0.25, 0.3) is 0 Å². The molecule has 0 radical (unpaired) electrons. The molecule has 2 N–H and O–H groups in total. The van der Waals surface area contributed by atoms with Crippen LogP contribution in [0.4, 0.5) is 5.82 Å². The molecule has 1 heterocycles. The normalized spacial score (nSPS) is 10.4. The lowest BCUT2D eigenvalue weighted by atomic mass is 10.2. The highest BCUT2D eigenvalue weighted by atomic mass is 35.5. The van der Waals surface area contributed by atoms with Crippen LogP contribution in [-0.4, -0.2) is 41.1 Å². The van der Waals surface area contributed by atoms with Crippen molar-refractivity contribution in [2.75, 3.05) is 18.0 Å². The summed E-state index contributed by atoms with van der Waals surface area (Å²) >= 11 is 6.04. The Balaban J connectivity index is 2.90. The van der Waals surface area contributed by atoms with E-state index in [2.05, 4.69) is 10.3 Å². The van der Waals surface area contributed by atoms with E-state index in [1.54, 1.807) is 4.90 Å². The van der Waals surface area contributed by atoms with Gasteiger partial charge in [-0.25, -0.2) is 9.78 Å². The Morgan fingerprint density at radius 3 is 2.60 bits per heavy atom. The molecule has 0 saturated carbocycles. The maximum absolute atomic E-state index is 11.8. The van der Waals surface area contributed by atoms with Gasteiger partial charge in [-0.1, -0.05) is 11.6 Å². The highest BCUT2D eigenvalue weighted by molar-refractivity contribution is 6.33. The minimum Gasteiger partial charge on any atom is -0.478 e. The SMILES string of the molecule is CCN(CC(=O)NC(C)C)c1ncc(C(=O)O)cc1Cl. The molecule has 0 fully saturated rings. The largest absolute Gasteiger partial charge is 0.478 e. The second kappa shape index (κ2) is 7.09. The number of aromatic carboxylic acids is 1. The van der Waals surface area contributed by atoms with Gasteiger partial charge in [0.25, 0.3) is 0 Å². The van der Waals surface area contributed by atoms with E-state index in [4.69, 9.17) is 16.7 Å². The number of carboxylic acids is 1. The Morgan fingerprint density at radius 2 is 2.15 bits per heavy atom. The summed E-state index contributed by atoms with van der Waals surface area (Å²) in [6.45, 7) is 6.27. The first-order valence-corrected chi connectivity index (χ1v) is 6.66. The van der Waals surface area contributed by atoms with E-state index in [0.29, 0.717) is 12.4 Å². The summed E-state index contributed by atoms with van der Waals surface area (Å²) in [4.78, 5) is 28.3. The molecule has 7 heteroatoms. The lowest BCUT2D eigenvalue weighted by Gasteiger charge is -2.23. The number of aromatic nitrogens is 1. The molecular weight excluding hydrogens is 282 g/mol. The summed E-state index contributed by atoms with van der Waals surface area (Å²) in [6, 6.07) is 1.38. The van der Waals surface area contributed by atoms with Gasteiger partial charge in [0.1, 0.15) is 5.82 Å². The third-order valence-electron chi connectivity index (χ3n) is 2.53. The molecule has 0 spiro atoms. The number of rotatable bonds is 6. The predicted octanol–water partition coefficient (Wildman–Crippen LogP) is 1.78. The Hall–Kier alpha value is -1.82. The summed E-state index contributed by atoms with van der Waals surface area (Å²) in [6.07, 6.45) is 1.23. The van der Waals surface area contributed by atoms with Gasteiger partial charge < -0.3 is 15.3 Å². The fraction of sp³-hybridized carbons (Fsp3) is 0.462. The van der Waals surface area contributed by atoms with Gasteiger partial charge in [-0.2, -0.15) is 0 Å². The molecule has 1 aromatic heterocycles. The fourth-order valence-electron chi connectivity index (χ4n) is 1.66. The van der Waals surface area contributed by atoms with E-state index in [-0.39, 0.29) is 29.1 Å². The van der Waals surface area contributed by atoms with Crippen molar-refractivity contribution >= 4 is 29.3 Å². The molecule has 0 unspecified atom stereocenters. The van der Waals surface area contributed by atoms with Gasteiger partial charge in [0, 0.05) is 18.8 Å². The van der Waals surface area contributed by atoms with Crippen LogP contribution in [0.2, 0.25) is 5.02 Å². The van der Waals surface area contributed by atoms with Gasteiger partial charge in [0.05, 0.1) is 17.1 Å². The van der Waals surface area contributed by atoms with Crippen molar-refractivity contribution in [2.24, 2.45) is 0 Å². The maximum atomic E-state index is 11.8. The van der Waals surface area contributed by atoms with Crippen LogP contribution in [0.1, 0.15) is 31.1 Å². The Kier molecular flexibility index (Phi) is 5.76. The standard InChI is InChI=1S/C13H18ClN3O3/c1-4-17(7-11(18)16-8(2)3)12-10(14)5-9(6-15-12)13(19)20/h5-6,8H,4,7H2,1-3H3,(H,16,18)(H,19,20). The van der Waals surface area contributed by atoms with E-state index in [1.807, 2.05) is 20.8 Å². The van der Waals surface area contributed by atoms with Gasteiger partial charge in [-0.05, 0) is 26.8 Å². The summed E-state index contributed by atoms with van der Waals surface area (Å²) < 4.78 is 0. The number of carbonyl (C=O) groups is 2. The summed E-state index contributed by atoms with van der Waals surface area (Å²) in [5, 5.41) is 11.9. The fourth-order valence-corrected chi connectivity index (χ4v) is 1.94. The van der Waals surface area contributed by atoms with E-state index < -0.39 is 5.97 Å². The van der Waals surface area contributed by atoms with Crippen molar-refractivity contribution in [2.45, 2.75) is 26.8 Å². The first kappa shape index (κ1) is 16.2. The average Bonchev–Trinajstić information content (AvgIpc) is 2.35. The molecule has 0 aromatic carbocycles. The number of nitrogens with zero attached hydrogens (tertiary/aromatic N) is 2. The Bertz CT molecular complexity index is 506. The average molecular weight is 300 g/mol. The Labute approximate surface area is 122 Å². The minimum absolute atomic E-state index is 0.0152. The molecule has 0 aliphatic heterocycles. The molecule has 1 rings (SSSR count). The van der Waals surface area contributed by atoms with Gasteiger partial charge in [0.15, 0.2) is 0 Å². The molecule has 6 nitrogen and oxygen atoms in total. The van der Waals surface area contributed by atoms with E-state index >= 15 is 0 Å². The second-order valence-corrected chi connectivity index (χ2v) is 4.98. The topological polar surface area (TPSA) is 82.5 Å². The zero-order chi connectivity index (χ0) is 15.3. The highest BCUT2D eigenvalue weighted by Crippen LogP contribution is 2.23. The third-order valence-corrected chi connectivity index (χ3v) is 2.81. The molecule has 1 amide bonds. The molecule has 110 valence electrons. The molecule has 0 aliphatic rings. The summed E-state index contributed by atoms with van der Waals surface area (Å²) in [5.74, 6) is -0.827. The second-order valence-electron chi connectivity index (χ2n) is 4.57. The monoisotopic (exact) mass is 299 g/mol. The lowest BCUT2D eigenvalue weighted by molar-refractivity contribution is -0.120. The number of nitrogens with one attached hydrogen (secondary N) is 1. The van der Waals surface area contributed by atoms with Crippen LogP contribution in [0, 0.1) is 0 Å². The minimum atomic E-state index is -1.09. The molecule has 0 aliphatic carbocycles. The van der Waals surface area contributed by atoms with Crippen LogP contribution < -0.4 is 10.2 Å². The smallest absolute Gasteiger partial charge is 0.337 e. The first-order valence-electron chi connectivity index (χ1n) is 6.28. The predicted molar refractivity (Wildman–Crippen MR) is 77.4 cm³/mol. The zero-order valence-electron chi connectivity index (χ0n) is 11.7. The van der Waals surface area contributed by atoms with Crippen molar-refractivity contribution in [3.63, 3.8) is 0 Å². The molecule has 0 saturated heterocycles. The van der Waals surface area contributed by atoms with Gasteiger partial charge in [-0.3, -0.25) is 4.79 Å². The number of hydrogen-bond acceptors (Lipinski definition) is 4.